The zero-order chi connectivity index (χ0) is 16.4. The molecule has 2 aromatic rings. The summed E-state index contributed by atoms with van der Waals surface area (Å²) in [6.45, 7) is 1.50. The van der Waals surface area contributed by atoms with Crippen molar-refractivity contribution in [3.63, 3.8) is 0 Å². The van der Waals surface area contributed by atoms with Crippen LogP contribution < -0.4 is 15.5 Å². The lowest BCUT2D eigenvalue weighted by molar-refractivity contribution is -0.122. The van der Waals surface area contributed by atoms with Gasteiger partial charge < -0.3 is 10.6 Å². The lowest BCUT2D eigenvalue weighted by atomic mass is 10.1. The molecule has 0 spiro atoms. The molecule has 0 saturated heterocycles. The van der Waals surface area contributed by atoms with Crippen LogP contribution in [0.4, 0.5) is 21.6 Å². The number of rotatable bonds is 3. The molecule has 2 amide bonds. The summed E-state index contributed by atoms with van der Waals surface area (Å²) in [5.74, 6) is -0.621. The Morgan fingerprint density at radius 2 is 2.22 bits per heavy atom. The van der Waals surface area contributed by atoms with E-state index in [1.807, 2.05) is 0 Å². The van der Waals surface area contributed by atoms with Gasteiger partial charge in [-0.25, -0.2) is 9.37 Å². The highest BCUT2D eigenvalue weighted by Gasteiger charge is 2.31. The molecule has 0 radical (unpaired) electrons. The molecule has 118 valence electrons. The van der Waals surface area contributed by atoms with Crippen molar-refractivity contribution in [2.75, 3.05) is 22.1 Å². The van der Waals surface area contributed by atoms with Crippen LogP contribution in [0.5, 0.6) is 0 Å². The van der Waals surface area contributed by atoms with Crippen LogP contribution in [0.1, 0.15) is 6.92 Å². The Morgan fingerprint density at radius 1 is 1.39 bits per heavy atom. The van der Waals surface area contributed by atoms with E-state index in [-0.39, 0.29) is 18.4 Å². The Balaban J connectivity index is 1.81. The number of benzene rings is 1. The molecule has 0 fully saturated rings. The van der Waals surface area contributed by atoms with E-state index in [0.717, 1.165) is 0 Å². The molecular weight excluding hydrogens is 299 g/mol. The van der Waals surface area contributed by atoms with Gasteiger partial charge >= 0.3 is 0 Å². The second kappa shape index (κ2) is 6.04. The molecule has 2 heterocycles. The number of nitrogens with zero attached hydrogens (tertiary/aromatic N) is 2. The van der Waals surface area contributed by atoms with Gasteiger partial charge in [0.1, 0.15) is 24.2 Å². The molecule has 1 aliphatic rings. The molecule has 7 heteroatoms. The fourth-order valence-corrected chi connectivity index (χ4v) is 2.43. The quantitative estimate of drug-likeness (QED) is 0.909. The zero-order valence-corrected chi connectivity index (χ0v) is 12.4. The van der Waals surface area contributed by atoms with Crippen LogP contribution in [0.15, 0.2) is 42.6 Å². The maximum atomic E-state index is 13.4. The summed E-state index contributed by atoms with van der Waals surface area (Å²) in [6.07, 6.45) is 1.56. The van der Waals surface area contributed by atoms with Crippen LogP contribution in [0.25, 0.3) is 0 Å². The monoisotopic (exact) mass is 314 g/mol. The Kier molecular flexibility index (Phi) is 3.92. The molecule has 0 aliphatic carbocycles. The van der Waals surface area contributed by atoms with Gasteiger partial charge in [-0.3, -0.25) is 14.5 Å². The van der Waals surface area contributed by atoms with Gasteiger partial charge in [0, 0.05) is 6.20 Å². The van der Waals surface area contributed by atoms with Crippen LogP contribution in [0.3, 0.4) is 0 Å². The van der Waals surface area contributed by atoms with E-state index in [1.54, 1.807) is 31.3 Å². The molecule has 0 saturated carbocycles. The van der Waals surface area contributed by atoms with Crippen molar-refractivity contribution < 1.29 is 14.0 Å². The molecular formula is C16H15FN4O2. The minimum atomic E-state index is -0.535. The number of nitrogens with one attached hydrogen (secondary N) is 2. The average Bonchev–Trinajstić information content (AvgIpc) is 2.52. The van der Waals surface area contributed by atoms with Crippen molar-refractivity contribution in [3.8, 4) is 0 Å². The van der Waals surface area contributed by atoms with Crippen molar-refractivity contribution in [1.29, 1.82) is 0 Å². The summed E-state index contributed by atoms with van der Waals surface area (Å²) in [6, 6.07) is 8.65. The molecule has 6 nitrogen and oxygen atoms in total. The van der Waals surface area contributed by atoms with Crippen LogP contribution >= 0.6 is 0 Å². The van der Waals surface area contributed by atoms with Crippen molar-refractivity contribution in [2.45, 2.75) is 13.0 Å². The first-order valence-electron chi connectivity index (χ1n) is 7.13. The van der Waals surface area contributed by atoms with E-state index < -0.39 is 11.9 Å². The normalized spacial score (nSPS) is 16.5. The Bertz CT molecular complexity index is 751. The Hall–Kier alpha value is -2.96. The summed E-state index contributed by atoms with van der Waals surface area (Å²) < 4.78 is 13.4. The molecule has 1 aromatic heterocycles. The van der Waals surface area contributed by atoms with Crippen LogP contribution in [-0.4, -0.2) is 29.4 Å². The minimum absolute atomic E-state index is 0.167. The largest absolute Gasteiger partial charge is 0.372 e. The number of fused-ring (bicyclic) bond motifs is 1. The zero-order valence-electron chi connectivity index (χ0n) is 12.4. The summed E-state index contributed by atoms with van der Waals surface area (Å²) in [4.78, 5) is 29.9. The van der Waals surface area contributed by atoms with Crippen LogP contribution in [0, 0.1) is 5.82 Å². The maximum absolute atomic E-state index is 13.4. The molecule has 0 bridgehead atoms. The minimum Gasteiger partial charge on any atom is -0.372 e. The second-order valence-corrected chi connectivity index (χ2v) is 5.22. The predicted molar refractivity (Wildman–Crippen MR) is 84.7 cm³/mol. The van der Waals surface area contributed by atoms with E-state index >= 15 is 0 Å². The Labute approximate surface area is 132 Å². The third-order valence-corrected chi connectivity index (χ3v) is 3.49. The molecule has 1 unspecified atom stereocenters. The fraction of sp³-hybridized carbons (Fsp3) is 0.188. The van der Waals surface area contributed by atoms with E-state index in [2.05, 4.69) is 15.6 Å². The van der Waals surface area contributed by atoms with Gasteiger partial charge in [0.15, 0.2) is 0 Å². The highest BCUT2D eigenvalue weighted by molar-refractivity contribution is 6.09. The van der Waals surface area contributed by atoms with Gasteiger partial charge in [0.05, 0.1) is 11.4 Å². The summed E-state index contributed by atoms with van der Waals surface area (Å²) in [5, 5.41) is 5.56. The Morgan fingerprint density at radius 3 is 2.96 bits per heavy atom. The number of carbonyl (C=O) groups excluding carboxylic acids is 2. The van der Waals surface area contributed by atoms with Crippen LogP contribution in [-0.2, 0) is 9.59 Å². The molecule has 2 N–H and O–H groups in total. The summed E-state index contributed by atoms with van der Waals surface area (Å²) in [7, 11) is 0. The number of amides is 2. The third-order valence-electron chi connectivity index (χ3n) is 3.49. The summed E-state index contributed by atoms with van der Waals surface area (Å²) in [5.41, 5.74) is 0.966. The lowest BCUT2D eigenvalue weighted by Crippen LogP contribution is -2.48. The molecule has 1 aliphatic heterocycles. The smallest absolute Gasteiger partial charge is 0.249 e. The van der Waals surface area contributed by atoms with Gasteiger partial charge in [0.2, 0.25) is 11.8 Å². The number of anilines is 3. The molecule has 1 aromatic carbocycles. The number of hydrogen-bond acceptors (Lipinski definition) is 4. The average molecular weight is 314 g/mol. The van der Waals surface area contributed by atoms with Crippen molar-refractivity contribution in [3.05, 3.63) is 48.4 Å². The lowest BCUT2D eigenvalue weighted by Gasteiger charge is -2.33. The maximum Gasteiger partial charge on any atom is 0.249 e. The van der Waals surface area contributed by atoms with E-state index in [0.29, 0.717) is 17.2 Å². The first kappa shape index (κ1) is 15.0. The first-order valence-corrected chi connectivity index (χ1v) is 7.13. The van der Waals surface area contributed by atoms with E-state index in [1.165, 1.54) is 23.1 Å². The highest BCUT2D eigenvalue weighted by Crippen LogP contribution is 2.31. The predicted octanol–water partition coefficient (Wildman–Crippen LogP) is 2.01. The first-order chi connectivity index (χ1) is 11.0. The number of pyridine rings is 1. The number of hydrogen-bond donors (Lipinski definition) is 2. The van der Waals surface area contributed by atoms with Crippen molar-refractivity contribution in [1.82, 2.24) is 4.98 Å². The standard InChI is InChI=1S/C16H15FN4O2/c1-10-16(23)21(13-6-5-11(17)8-12(13)19-10)9-15(22)20-14-4-2-3-7-18-14/h2-8,10,19H,9H2,1H3,(H,18,20,22). The van der Waals surface area contributed by atoms with Gasteiger partial charge in [-0.15, -0.1) is 0 Å². The molecule has 1 atom stereocenters. The SMILES string of the molecule is CC1Nc2cc(F)ccc2N(CC(=O)Nc2ccccn2)C1=O. The van der Waals surface area contributed by atoms with Gasteiger partial charge in [-0.05, 0) is 37.3 Å². The van der Waals surface area contributed by atoms with E-state index in [9.17, 15) is 14.0 Å². The van der Waals surface area contributed by atoms with Gasteiger partial charge in [0.25, 0.3) is 0 Å². The van der Waals surface area contributed by atoms with Crippen molar-refractivity contribution >= 4 is 29.0 Å². The van der Waals surface area contributed by atoms with E-state index in [4.69, 9.17) is 0 Å². The van der Waals surface area contributed by atoms with Gasteiger partial charge in [-0.1, -0.05) is 6.07 Å². The number of aromatic nitrogens is 1. The molecule has 23 heavy (non-hydrogen) atoms. The van der Waals surface area contributed by atoms with Crippen molar-refractivity contribution in [2.24, 2.45) is 0 Å². The topological polar surface area (TPSA) is 74.3 Å². The second-order valence-electron chi connectivity index (χ2n) is 5.22. The fourth-order valence-electron chi connectivity index (χ4n) is 2.43. The van der Waals surface area contributed by atoms with Crippen LogP contribution in [0.2, 0.25) is 0 Å². The number of halogens is 1. The van der Waals surface area contributed by atoms with Gasteiger partial charge in [-0.2, -0.15) is 0 Å². The number of carbonyl (C=O) groups is 2. The highest BCUT2D eigenvalue weighted by atomic mass is 19.1. The summed E-state index contributed by atoms with van der Waals surface area (Å²) >= 11 is 0. The molecule has 3 rings (SSSR count). The third kappa shape index (κ3) is 3.13.